The topological polar surface area (TPSA) is 51.0 Å². The van der Waals surface area contributed by atoms with E-state index < -0.39 is 0 Å². The Kier molecular flexibility index (Phi) is 5.49. The second kappa shape index (κ2) is 6.94. The molecular weight excluding hydrogens is 270 g/mol. The summed E-state index contributed by atoms with van der Waals surface area (Å²) in [6.45, 7) is 9.79. The van der Waals surface area contributed by atoms with Crippen LogP contribution in [0.4, 0.5) is 0 Å². The van der Waals surface area contributed by atoms with Gasteiger partial charge in [-0.15, -0.1) is 11.8 Å². The lowest BCUT2D eigenvalue weighted by molar-refractivity contribution is 0.264. The molecule has 0 amide bonds. The Morgan fingerprint density at radius 3 is 2.75 bits per heavy atom. The quantitative estimate of drug-likeness (QED) is 0.897. The van der Waals surface area contributed by atoms with Gasteiger partial charge < -0.3 is 9.84 Å². The van der Waals surface area contributed by atoms with E-state index >= 15 is 0 Å². The molecule has 1 aromatic rings. The molecule has 0 saturated heterocycles. The average Bonchev–Trinajstić information content (AvgIpc) is 2.85. The molecule has 1 aliphatic carbocycles. The van der Waals surface area contributed by atoms with Crippen LogP contribution < -0.4 is 5.32 Å². The van der Waals surface area contributed by atoms with E-state index in [2.05, 4.69) is 43.2 Å². The van der Waals surface area contributed by atoms with E-state index in [1.54, 1.807) is 0 Å². The SMILES string of the molecule is CCNC1CCCCC1c1nc(CSC(C)(C)C)no1. The van der Waals surface area contributed by atoms with Crippen LogP contribution in [0.5, 0.6) is 0 Å². The summed E-state index contributed by atoms with van der Waals surface area (Å²) < 4.78 is 5.77. The fourth-order valence-corrected chi connectivity index (χ4v) is 3.37. The van der Waals surface area contributed by atoms with E-state index in [4.69, 9.17) is 4.52 Å². The Morgan fingerprint density at radius 2 is 2.05 bits per heavy atom. The number of nitrogens with one attached hydrogen (secondary N) is 1. The Balaban J connectivity index is 1.99. The van der Waals surface area contributed by atoms with E-state index in [1.807, 2.05) is 11.8 Å². The van der Waals surface area contributed by atoms with Crippen molar-refractivity contribution in [3.8, 4) is 0 Å². The van der Waals surface area contributed by atoms with Gasteiger partial charge in [-0.1, -0.05) is 45.7 Å². The molecule has 1 aliphatic rings. The highest BCUT2D eigenvalue weighted by atomic mass is 32.2. The molecule has 1 fully saturated rings. The Labute approximate surface area is 126 Å². The second-order valence-electron chi connectivity index (χ2n) is 6.51. The van der Waals surface area contributed by atoms with E-state index in [9.17, 15) is 0 Å². The third kappa shape index (κ3) is 4.48. The molecular formula is C15H27N3OS. The van der Waals surface area contributed by atoms with Gasteiger partial charge in [0.05, 0.1) is 11.7 Å². The molecule has 4 nitrogen and oxygen atoms in total. The number of aromatic nitrogens is 2. The lowest BCUT2D eigenvalue weighted by Gasteiger charge is -2.29. The summed E-state index contributed by atoms with van der Waals surface area (Å²) in [5.74, 6) is 2.89. The lowest BCUT2D eigenvalue weighted by Crippen LogP contribution is -2.37. The number of hydrogen-bond acceptors (Lipinski definition) is 5. The fourth-order valence-electron chi connectivity index (χ4n) is 2.69. The van der Waals surface area contributed by atoms with Gasteiger partial charge in [-0.25, -0.2) is 0 Å². The highest BCUT2D eigenvalue weighted by Crippen LogP contribution is 2.33. The third-order valence-electron chi connectivity index (χ3n) is 3.67. The van der Waals surface area contributed by atoms with Crippen molar-refractivity contribution in [2.24, 2.45) is 0 Å². The molecule has 1 heterocycles. The molecule has 1 N–H and O–H groups in total. The molecule has 1 aromatic heterocycles. The van der Waals surface area contributed by atoms with Gasteiger partial charge in [0, 0.05) is 10.8 Å². The molecule has 0 aromatic carbocycles. The summed E-state index contributed by atoms with van der Waals surface area (Å²) in [4.78, 5) is 4.63. The molecule has 114 valence electrons. The Morgan fingerprint density at radius 1 is 1.30 bits per heavy atom. The van der Waals surface area contributed by atoms with Crippen molar-refractivity contribution >= 4 is 11.8 Å². The summed E-state index contributed by atoms with van der Waals surface area (Å²) in [7, 11) is 0. The highest BCUT2D eigenvalue weighted by Gasteiger charge is 2.30. The maximum absolute atomic E-state index is 5.53. The molecule has 20 heavy (non-hydrogen) atoms. The summed E-state index contributed by atoms with van der Waals surface area (Å²) in [5.41, 5.74) is 0. The summed E-state index contributed by atoms with van der Waals surface area (Å²) in [5, 5.41) is 7.72. The predicted molar refractivity (Wildman–Crippen MR) is 84.0 cm³/mol. The predicted octanol–water partition coefficient (Wildman–Crippen LogP) is 3.74. The monoisotopic (exact) mass is 297 g/mol. The Hall–Kier alpha value is -0.550. The largest absolute Gasteiger partial charge is 0.339 e. The maximum Gasteiger partial charge on any atom is 0.231 e. The van der Waals surface area contributed by atoms with Crippen molar-refractivity contribution in [2.45, 2.75) is 75.8 Å². The van der Waals surface area contributed by atoms with Crippen molar-refractivity contribution in [3.05, 3.63) is 11.7 Å². The number of thioether (sulfide) groups is 1. The van der Waals surface area contributed by atoms with Crippen LogP contribution in [0.2, 0.25) is 0 Å². The maximum atomic E-state index is 5.53. The molecule has 0 spiro atoms. The van der Waals surface area contributed by atoms with Crippen LogP contribution in [0.3, 0.4) is 0 Å². The first-order valence-electron chi connectivity index (χ1n) is 7.69. The molecule has 2 atom stereocenters. The molecule has 2 unspecified atom stereocenters. The number of nitrogens with zero attached hydrogens (tertiary/aromatic N) is 2. The molecule has 0 bridgehead atoms. The van der Waals surface area contributed by atoms with Gasteiger partial charge >= 0.3 is 0 Å². The lowest BCUT2D eigenvalue weighted by atomic mass is 9.84. The summed E-state index contributed by atoms with van der Waals surface area (Å²) in [6.07, 6.45) is 4.94. The first-order chi connectivity index (χ1) is 9.49. The van der Waals surface area contributed by atoms with Crippen LogP contribution in [0, 0.1) is 0 Å². The van der Waals surface area contributed by atoms with Gasteiger partial charge in [-0.2, -0.15) is 4.98 Å². The standard InChI is InChI=1S/C15H27N3OS/c1-5-16-12-9-7-6-8-11(12)14-17-13(18-19-14)10-20-15(2,3)4/h11-12,16H,5-10H2,1-4H3. The van der Waals surface area contributed by atoms with Gasteiger partial charge in [0.1, 0.15) is 0 Å². The summed E-state index contributed by atoms with van der Waals surface area (Å²) >= 11 is 1.86. The minimum absolute atomic E-state index is 0.234. The first kappa shape index (κ1) is 15.8. The van der Waals surface area contributed by atoms with Crippen molar-refractivity contribution in [2.75, 3.05) is 6.54 Å². The van der Waals surface area contributed by atoms with Crippen molar-refractivity contribution < 1.29 is 4.52 Å². The van der Waals surface area contributed by atoms with Crippen LogP contribution in [0.25, 0.3) is 0 Å². The van der Waals surface area contributed by atoms with Crippen LogP contribution in [-0.4, -0.2) is 27.5 Å². The minimum atomic E-state index is 0.234. The van der Waals surface area contributed by atoms with Crippen molar-refractivity contribution in [1.29, 1.82) is 0 Å². The van der Waals surface area contributed by atoms with E-state index in [1.165, 1.54) is 19.3 Å². The van der Waals surface area contributed by atoms with Crippen LogP contribution in [0.15, 0.2) is 4.52 Å². The molecule has 1 saturated carbocycles. The van der Waals surface area contributed by atoms with Crippen LogP contribution in [0.1, 0.15) is 71.0 Å². The van der Waals surface area contributed by atoms with E-state index in [-0.39, 0.29) is 4.75 Å². The van der Waals surface area contributed by atoms with Gasteiger partial charge in [0.25, 0.3) is 0 Å². The first-order valence-corrected chi connectivity index (χ1v) is 8.68. The minimum Gasteiger partial charge on any atom is -0.339 e. The highest BCUT2D eigenvalue weighted by molar-refractivity contribution is 7.99. The summed E-state index contributed by atoms with van der Waals surface area (Å²) in [6, 6.07) is 0.498. The number of rotatable bonds is 5. The number of hydrogen-bond donors (Lipinski definition) is 1. The van der Waals surface area contributed by atoms with Crippen LogP contribution in [-0.2, 0) is 5.75 Å². The van der Waals surface area contributed by atoms with Crippen molar-refractivity contribution in [1.82, 2.24) is 15.5 Å². The fraction of sp³-hybridized carbons (Fsp3) is 0.867. The molecule has 5 heteroatoms. The zero-order valence-electron chi connectivity index (χ0n) is 13.1. The van der Waals surface area contributed by atoms with E-state index in [0.29, 0.717) is 12.0 Å². The van der Waals surface area contributed by atoms with Crippen molar-refractivity contribution in [3.63, 3.8) is 0 Å². The Bertz CT molecular complexity index is 411. The molecule has 0 radical (unpaired) electrons. The zero-order valence-corrected chi connectivity index (χ0v) is 13.9. The van der Waals surface area contributed by atoms with Gasteiger partial charge in [0.2, 0.25) is 5.89 Å². The van der Waals surface area contributed by atoms with Gasteiger partial charge in [-0.3, -0.25) is 0 Å². The smallest absolute Gasteiger partial charge is 0.231 e. The zero-order chi connectivity index (χ0) is 14.6. The van der Waals surface area contributed by atoms with Crippen LogP contribution >= 0.6 is 11.8 Å². The normalized spacial score (nSPS) is 24.0. The molecule has 0 aliphatic heterocycles. The number of likely N-dealkylation sites (N-methyl/N-ethyl adjacent to an activating group) is 1. The third-order valence-corrected chi connectivity index (χ3v) is 4.94. The van der Waals surface area contributed by atoms with Gasteiger partial charge in [0.15, 0.2) is 5.82 Å². The average molecular weight is 297 g/mol. The van der Waals surface area contributed by atoms with Gasteiger partial charge in [-0.05, 0) is 19.4 Å². The van der Waals surface area contributed by atoms with E-state index in [0.717, 1.165) is 30.4 Å². The molecule has 2 rings (SSSR count). The second-order valence-corrected chi connectivity index (χ2v) is 8.31.